The Morgan fingerprint density at radius 3 is 2.34 bits per heavy atom. The van der Waals surface area contributed by atoms with Crippen LogP contribution in [0.15, 0.2) is 47.4 Å². The minimum absolute atomic E-state index is 0.0183. The largest absolute Gasteiger partial charge is 0.497 e. The third-order valence-corrected chi connectivity index (χ3v) is 7.71. The predicted octanol–water partition coefficient (Wildman–Crippen LogP) is 2.26. The van der Waals surface area contributed by atoms with E-state index in [1.807, 2.05) is 36.4 Å². The van der Waals surface area contributed by atoms with E-state index in [-0.39, 0.29) is 5.91 Å². The van der Waals surface area contributed by atoms with E-state index in [1.54, 1.807) is 18.1 Å². The Balaban J connectivity index is 1.37. The van der Waals surface area contributed by atoms with Crippen molar-refractivity contribution in [3.63, 3.8) is 0 Å². The van der Waals surface area contributed by atoms with Crippen molar-refractivity contribution in [3.8, 4) is 5.75 Å². The first-order chi connectivity index (χ1) is 14.0. The molecule has 6 nitrogen and oxygen atoms in total. The van der Waals surface area contributed by atoms with Crippen molar-refractivity contribution < 1.29 is 17.9 Å². The van der Waals surface area contributed by atoms with Gasteiger partial charge < -0.3 is 9.64 Å². The molecule has 1 saturated heterocycles. The second-order valence-electron chi connectivity index (χ2n) is 7.59. The maximum Gasteiger partial charge on any atom is 0.243 e. The predicted molar refractivity (Wildman–Crippen MR) is 111 cm³/mol. The smallest absolute Gasteiger partial charge is 0.243 e. The van der Waals surface area contributed by atoms with Crippen molar-refractivity contribution in [1.29, 1.82) is 0 Å². The summed E-state index contributed by atoms with van der Waals surface area (Å²) >= 11 is 0. The Morgan fingerprint density at radius 1 is 0.966 bits per heavy atom. The lowest BCUT2D eigenvalue weighted by atomic mass is 10.1. The number of benzene rings is 2. The van der Waals surface area contributed by atoms with Crippen molar-refractivity contribution in [3.05, 3.63) is 59.2 Å². The highest BCUT2D eigenvalue weighted by Gasteiger charge is 2.30. The number of methoxy groups -OCH3 is 1. The van der Waals surface area contributed by atoms with Gasteiger partial charge in [0.05, 0.1) is 18.4 Å². The summed E-state index contributed by atoms with van der Waals surface area (Å²) in [5.74, 6) is 0.774. The second kappa shape index (κ2) is 8.16. The first kappa shape index (κ1) is 19.9. The minimum atomic E-state index is -3.52. The third-order valence-electron chi connectivity index (χ3n) is 5.81. The molecule has 154 valence electrons. The highest BCUT2D eigenvalue weighted by atomic mass is 32.2. The Hall–Kier alpha value is -2.38. The van der Waals surface area contributed by atoms with Gasteiger partial charge in [0.15, 0.2) is 0 Å². The van der Waals surface area contributed by atoms with Crippen LogP contribution >= 0.6 is 0 Å². The van der Waals surface area contributed by atoms with E-state index >= 15 is 0 Å². The van der Waals surface area contributed by atoms with Gasteiger partial charge in [-0.25, -0.2) is 8.42 Å². The van der Waals surface area contributed by atoms with Crippen molar-refractivity contribution >= 4 is 15.9 Å². The third kappa shape index (κ3) is 4.16. The summed E-state index contributed by atoms with van der Waals surface area (Å²) in [7, 11) is -1.91. The molecular weight excluding hydrogens is 388 g/mol. The monoisotopic (exact) mass is 414 g/mol. The summed E-state index contributed by atoms with van der Waals surface area (Å²) in [6.07, 6.45) is 3.38. The number of hydrogen-bond donors (Lipinski definition) is 0. The van der Waals surface area contributed by atoms with E-state index in [2.05, 4.69) is 0 Å². The van der Waals surface area contributed by atoms with Crippen LogP contribution in [0.5, 0.6) is 5.75 Å². The quantitative estimate of drug-likeness (QED) is 0.753. The van der Waals surface area contributed by atoms with Crippen LogP contribution in [0.3, 0.4) is 0 Å². The van der Waals surface area contributed by atoms with E-state index in [9.17, 15) is 13.2 Å². The topological polar surface area (TPSA) is 66.9 Å². The molecule has 7 heteroatoms. The lowest BCUT2D eigenvalue weighted by molar-refractivity contribution is -0.131. The van der Waals surface area contributed by atoms with Crippen molar-refractivity contribution in [1.82, 2.24) is 9.21 Å². The molecule has 1 fully saturated rings. The molecule has 0 aromatic heterocycles. The van der Waals surface area contributed by atoms with Crippen molar-refractivity contribution in [2.75, 3.05) is 33.3 Å². The molecular formula is C22H26N2O4S. The summed E-state index contributed by atoms with van der Waals surface area (Å²) in [4.78, 5) is 14.7. The van der Waals surface area contributed by atoms with Gasteiger partial charge in [-0.05, 0) is 60.2 Å². The number of amides is 1. The molecule has 29 heavy (non-hydrogen) atoms. The molecule has 2 aromatic rings. The van der Waals surface area contributed by atoms with Gasteiger partial charge in [0.2, 0.25) is 15.9 Å². The van der Waals surface area contributed by atoms with E-state index in [1.165, 1.54) is 9.87 Å². The van der Waals surface area contributed by atoms with Crippen molar-refractivity contribution in [2.24, 2.45) is 0 Å². The lowest BCUT2D eigenvalue weighted by Crippen LogP contribution is -2.50. The SMILES string of the molecule is COc1ccc(CC(=O)N2CCN(S(=O)(=O)c3ccc4c(c3)CCC4)CC2)cc1. The Labute approximate surface area is 172 Å². The van der Waals surface area contributed by atoms with E-state index in [4.69, 9.17) is 4.74 Å². The summed E-state index contributed by atoms with van der Waals surface area (Å²) in [5, 5.41) is 0. The van der Waals surface area contributed by atoms with Gasteiger partial charge in [0.1, 0.15) is 5.75 Å². The fraction of sp³-hybridized carbons (Fsp3) is 0.409. The molecule has 2 aromatic carbocycles. The maximum atomic E-state index is 13.0. The zero-order valence-corrected chi connectivity index (χ0v) is 17.5. The highest BCUT2D eigenvalue weighted by molar-refractivity contribution is 7.89. The van der Waals surface area contributed by atoms with Crippen LogP contribution in [0.2, 0.25) is 0 Å². The number of rotatable bonds is 5. The Kier molecular flexibility index (Phi) is 5.61. The molecule has 1 amide bonds. The van der Waals surface area contributed by atoms with Gasteiger partial charge >= 0.3 is 0 Å². The first-order valence-electron chi connectivity index (χ1n) is 10.00. The standard InChI is InChI=1S/C22H26N2O4S/c1-28-20-8-5-17(6-9-20)15-22(25)23-11-13-24(14-12-23)29(26,27)21-10-7-18-3-2-4-19(18)16-21/h5-10,16H,2-4,11-15H2,1H3. The summed E-state index contributed by atoms with van der Waals surface area (Å²) in [5.41, 5.74) is 3.33. The highest BCUT2D eigenvalue weighted by Crippen LogP contribution is 2.26. The number of carbonyl (C=O) groups excluding carboxylic acids is 1. The molecule has 0 spiro atoms. The van der Waals surface area contributed by atoms with Crippen LogP contribution in [-0.2, 0) is 34.1 Å². The zero-order chi connectivity index (χ0) is 20.4. The average Bonchev–Trinajstić information content (AvgIpc) is 3.22. The van der Waals surface area contributed by atoms with Gasteiger partial charge in [0.25, 0.3) is 0 Å². The molecule has 0 radical (unpaired) electrons. The van der Waals surface area contributed by atoms with Gasteiger partial charge in [-0.15, -0.1) is 0 Å². The fourth-order valence-corrected chi connectivity index (χ4v) is 5.54. The molecule has 0 unspecified atom stereocenters. The van der Waals surface area contributed by atoms with Gasteiger partial charge in [-0.3, -0.25) is 4.79 Å². The van der Waals surface area contributed by atoms with Crippen LogP contribution in [0, 0.1) is 0 Å². The summed E-state index contributed by atoms with van der Waals surface area (Å²) in [6, 6.07) is 12.9. The average molecular weight is 415 g/mol. The number of ether oxygens (including phenoxy) is 1. The second-order valence-corrected chi connectivity index (χ2v) is 9.53. The van der Waals surface area contributed by atoms with Crippen LogP contribution in [-0.4, -0.2) is 56.8 Å². The maximum absolute atomic E-state index is 13.0. The van der Waals surface area contributed by atoms with Gasteiger partial charge in [-0.1, -0.05) is 18.2 Å². The van der Waals surface area contributed by atoms with E-state index < -0.39 is 10.0 Å². The molecule has 0 atom stereocenters. The van der Waals surface area contributed by atoms with Crippen molar-refractivity contribution in [2.45, 2.75) is 30.6 Å². The van der Waals surface area contributed by atoms with E-state index in [0.717, 1.165) is 36.1 Å². The molecule has 2 aliphatic rings. The fourth-order valence-electron chi connectivity index (χ4n) is 4.07. The molecule has 4 rings (SSSR count). The number of sulfonamides is 1. The zero-order valence-electron chi connectivity index (χ0n) is 16.6. The first-order valence-corrected chi connectivity index (χ1v) is 11.4. The van der Waals surface area contributed by atoms with Crippen LogP contribution < -0.4 is 4.74 Å². The number of hydrogen-bond acceptors (Lipinski definition) is 4. The summed E-state index contributed by atoms with van der Waals surface area (Å²) in [6.45, 7) is 1.49. The van der Waals surface area contributed by atoms with Crippen LogP contribution in [0.1, 0.15) is 23.1 Å². The van der Waals surface area contributed by atoms with E-state index in [0.29, 0.717) is 37.5 Å². The number of aryl methyl sites for hydroxylation is 2. The molecule has 1 aliphatic carbocycles. The van der Waals surface area contributed by atoms with Gasteiger partial charge in [-0.2, -0.15) is 4.31 Å². The molecule has 0 saturated carbocycles. The number of nitrogens with zero attached hydrogens (tertiary/aromatic N) is 2. The minimum Gasteiger partial charge on any atom is -0.497 e. The van der Waals surface area contributed by atoms with Gasteiger partial charge in [0, 0.05) is 26.2 Å². The van der Waals surface area contributed by atoms with Crippen LogP contribution in [0.25, 0.3) is 0 Å². The summed E-state index contributed by atoms with van der Waals surface area (Å²) < 4.78 is 32.7. The normalized spacial score (nSPS) is 17.2. The number of carbonyl (C=O) groups is 1. The number of piperazine rings is 1. The molecule has 0 bridgehead atoms. The Bertz CT molecular complexity index is 994. The molecule has 1 heterocycles. The molecule has 1 aliphatic heterocycles. The lowest BCUT2D eigenvalue weighted by Gasteiger charge is -2.34. The Morgan fingerprint density at radius 2 is 1.66 bits per heavy atom. The molecule has 0 N–H and O–H groups in total. The van der Waals surface area contributed by atoms with Crippen LogP contribution in [0.4, 0.5) is 0 Å². The number of fused-ring (bicyclic) bond motifs is 1.